The number of ether oxygens (including phenoxy) is 1. The highest BCUT2D eigenvalue weighted by molar-refractivity contribution is 5.43. The van der Waals surface area contributed by atoms with Gasteiger partial charge < -0.3 is 15.4 Å². The van der Waals surface area contributed by atoms with E-state index in [0.29, 0.717) is 12.2 Å². The molecule has 1 aromatic rings. The highest BCUT2D eigenvalue weighted by atomic mass is 16.5. The molecule has 1 atom stereocenters. The van der Waals surface area contributed by atoms with Crippen molar-refractivity contribution in [3.8, 4) is 6.07 Å². The third kappa shape index (κ3) is 3.22. The van der Waals surface area contributed by atoms with E-state index in [0.717, 1.165) is 31.0 Å². The summed E-state index contributed by atoms with van der Waals surface area (Å²) in [4.78, 5) is 4.39. The Morgan fingerprint density at radius 1 is 1.58 bits per heavy atom. The van der Waals surface area contributed by atoms with Crippen LogP contribution in [0, 0.1) is 18.3 Å². The average molecular weight is 260 g/mol. The highest BCUT2D eigenvalue weighted by Crippen LogP contribution is 2.20. The zero-order valence-corrected chi connectivity index (χ0v) is 11.5. The van der Waals surface area contributed by atoms with Crippen LogP contribution in [0.3, 0.4) is 0 Å². The lowest BCUT2D eigenvalue weighted by Crippen LogP contribution is -2.49. The van der Waals surface area contributed by atoms with Crippen molar-refractivity contribution in [1.82, 2.24) is 10.3 Å². The van der Waals surface area contributed by atoms with Crippen LogP contribution in [0.15, 0.2) is 12.1 Å². The van der Waals surface area contributed by atoms with Crippen LogP contribution in [0.1, 0.15) is 24.1 Å². The first-order chi connectivity index (χ1) is 9.19. The molecule has 0 amide bonds. The summed E-state index contributed by atoms with van der Waals surface area (Å²) in [5.74, 6) is 0.806. The number of nitriles is 1. The van der Waals surface area contributed by atoms with Crippen molar-refractivity contribution in [3.05, 3.63) is 23.4 Å². The van der Waals surface area contributed by atoms with Gasteiger partial charge in [-0.05, 0) is 38.4 Å². The van der Waals surface area contributed by atoms with E-state index in [4.69, 9.17) is 10.00 Å². The van der Waals surface area contributed by atoms with Crippen LogP contribution in [0.4, 0.5) is 5.82 Å². The molecule has 0 spiro atoms. The quantitative estimate of drug-likeness (QED) is 0.838. The molecule has 102 valence electrons. The van der Waals surface area contributed by atoms with E-state index in [1.807, 2.05) is 13.0 Å². The SMILES string of the molecule is COCC1(CNc2ccc(C#N)c(C)n2)CCCN1. The molecule has 2 heterocycles. The highest BCUT2D eigenvalue weighted by Gasteiger charge is 2.33. The van der Waals surface area contributed by atoms with Crippen LogP contribution < -0.4 is 10.6 Å². The van der Waals surface area contributed by atoms with E-state index >= 15 is 0 Å². The van der Waals surface area contributed by atoms with Gasteiger partial charge >= 0.3 is 0 Å². The fourth-order valence-corrected chi connectivity index (χ4v) is 2.51. The van der Waals surface area contributed by atoms with Crippen LogP contribution in [0.5, 0.6) is 0 Å². The number of aryl methyl sites for hydroxylation is 1. The van der Waals surface area contributed by atoms with Crippen LogP contribution in [0.25, 0.3) is 0 Å². The zero-order chi connectivity index (χ0) is 13.7. The molecule has 0 aliphatic carbocycles. The summed E-state index contributed by atoms with van der Waals surface area (Å²) < 4.78 is 5.31. The largest absolute Gasteiger partial charge is 0.383 e. The van der Waals surface area contributed by atoms with E-state index < -0.39 is 0 Å². The zero-order valence-electron chi connectivity index (χ0n) is 11.5. The average Bonchev–Trinajstić information content (AvgIpc) is 2.86. The second-order valence-corrected chi connectivity index (χ2v) is 5.04. The van der Waals surface area contributed by atoms with E-state index in [1.165, 1.54) is 6.42 Å². The van der Waals surface area contributed by atoms with Crippen molar-refractivity contribution >= 4 is 5.82 Å². The molecule has 19 heavy (non-hydrogen) atoms. The number of hydrogen-bond acceptors (Lipinski definition) is 5. The maximum Gasteiger partial charge on any atom is 0.126 e. The Morgan fingerprint density at radius 3 is 3.00 bits per heavy atom. The summed E-state index contributed by atoms with van der Waals surface area (Å²) >= 11 is 0. The topological polar surface area (TPSA) is 70.0 Å². The van der Waals surface area contributed by atoms with Gasteiger partial charge in [-0.3, -0.25) is 0 Å². The summed E-state index contributed by atoms with van der Waals surface area (Å²) in [5, 5.41) is 15.7. The van der Waals surface area contributed by atoms with Gasteiger partial charge in [0.25, 0.3) is 0 Å². The number of aromatic nitrogens is 1. The van der Waals surface area contributed by atoms with E-state index in [9.17, 15) is 0 Å². The fraction of sp³-hybridized carbons (Fsp3) is 0.571. The number of anilines is 1. The van der Waals surface area contributed by atoms with Crippen molar-refractivity contribution in [1.29, 1.82) is 5.26 Å². The lowest BCUT2D eigenvalue weighted by Gasteiger charge is -2.29. The van der Waals surface area contributed by atoms with Gasteiger partial charge in [0.1, 0.15) is 11.9 Å². The molecule has 1 aliphatic rings. The second-order valence-electron chi connectivity index (χ2n) is 5.04. The molecule has 0 aromatic carbocycles. The van der Waals surface area contributed by atoms with Crippen molar-refractivity contribution in [3.63, 3.8) is 0 Å². The second kappa shape index (κ2) is 6.00. The number of rotatable bonds is 5. The first-order valence-corrected chi connectivity index (χ1v) is 6.55. The molecule has 1 aliphatic heterocycles. The molecule has 5 heteroatoms. The Balaban J connectivity index is 2.01. The van der Waals surface area contributed by atoms with Gasteiger partial charge in [0.2, 0.25) is 0 Å². The minimum atomic E-state index is -0.00175. The maximum atomic E-state index is 8.89. The molecule has 0 radical (unpaired) electrons. The fourth-order valence-electron chi connectivity index (χ4n) is 2.51. The normalized spacial score (nSPS) is 22.2. The Bertz CT molecular complexity index is 475. The van der Waals surface area contributed by atoms with Crippen LogP contribution in [-0.4, -0.2) is 37.3 Å². The van der Waals surface area contributed by atoms with Crippen molar-refractivity contribution in [2.75, 3.05) is 32.1 Å². The van der Waals surface area contributed by atoms with E-state index in [-0.39, 0.29) is 5.54 Å². The van der Waals surface area contributed by atoms with Gasteiger partial charge in [-0.25, -0.2) is 4.98 Å². The first kappa shape index (κ1) is 13.8. The molecule has 0 bridgehead atoms. The number of hydrogen-bond donors (Lipinski definition) is 2. The van der Waals surface area contributed by atoms with Crippen molar-refractivity contribution < 1.29 is 4.74 Å². The van der Waals surface area contributed by atoms with Gasteiger partial charge in [0.15, 0.2) is 0 Å². The number of nitrogens with zero attached hydrogens (tertiary/aromatic N) is 2. The standard InChI is InChI=1S/C14H20N4O/c1-11-12(8-15)4-5-13(18-11)16-9-14(10-19-2)6-3-7-17-14/h4-5,17H,3,6-7,9-10H2,1-2H3,(H,16,18). The predicted octanol–water partition coefficient (Wildman–Crippen LogP) is 1.44. The third-order valence-corrected chi connectivity index (χ3v) is 3.57. The van der Waals surface area contributed by atoms with E-state index in [1.54, 1.807) is 13.2 Å². The Labute approximate surface area is 114 Å². The molecule has 5 nitrogen and oxygen atoms in total. The van der Waals surface area contributed by atoms with E-state index in [2.05, 4.69) is 21.7 Å². The van der Waals surface area contributed by atoms with Gasteiger partial charge in [-0.2, -0.15) is 5.26 Å². The van der Waals surface area contributed by atoms with Gasteiger partial charge in [0, 0.05) is 13.7 Å². The lowest BCUT2D eigenvalue weighted by molar-refractivity contribution is 0.127. The number of methoxy groups -OCH3 is 1. The van der Waals surface area contributed by atoms with Crippen molar-refractivity contribution in [2.24, 2.45) is 0 Å². The summed E-state index contributed by atoms with van der Waals surface area (Å²) in [6, 6.07) is 5.77. The minimum absolute atomic E-state index is 0.00175. The summed E-state index contributed by atoms with van der Waals surface area (Å²) in [6.07, 6.45) is 2.27. The lowest BCUT2D eigenvalue weighted by atomic mass is 9.98. The summed E-state index contributed by atoms with van der Waals surface area (Å²) in [5.41, 5.74) is 1.38. The first-order valence-electron chi connectivity index (χ1n) is 6.55. The number of nitrogens with one attached hydrogen (secondary N) is 2. The predicted molar refractivity (Wildman–Crippen MR) is 74.0 cm³/mol. The molecule has 1 fully saturated rings. The summed E-state index contributed by atoms with van der Waals surface area (Å²) in [6.45, 7) is 4.35. The molecular weight excluding hydrogens is 240 g/mol. The third-order valence-electron chi connectivity index (χ3n) is 3.57. The van der Waals surface area contributed by atoms with Gasteiger partial charge in [0.05, 0.1) is 23.4 Å². The molecule has 2 rings (SSSR count). The molecule has 1 unspecified atom stereocenters. The molecule has 1 aromatic heterocycles. The van der Waals surface area contributed by atoms with Gasteiger partial charge in [-0.1, -0.05) is 0 Å². The van der Waals surface area contributed by atoms with Crippen molar-refractivity contribution in [2.45, 2.75) is 25.3 Å². The Hall–Kier alpha value is -1.64. The van der Waals surface area contributed by atoms with Gasteiger partial charge in [-0.15, -0.1) is 0 Å². The Morgan fingerprint density at radius 2 is 2.42 bits per heavy atom. The molecule has 2 N–H and O–H groups in total. The maximum absolute atomic E-state index is 8.89. The number of pyridine rings is 1. The van der Waals surface area contributed by atoms with Crippen LogP contribution in [0.2, 0.25) is 0 Å². The Kier molecular flexibility index (Phi) is 4.35. The smallest absolute Gasteiger partial charge is 0.126 e. The monoisotopic (exact) mass is 260 g/mol. The van der Waals surface area contributed by atoms with Crippen LogP contribution >= 0.6 is 0 Å². The summed E-state index contributed by atoms with van der Waals surface area (Å²) in [7, 11) is 1.73. The van der Waals surface area contributed by atoms with Crippen LogP contribution in [-0.2, 0) is 4.74 Å². The minimum Gasteiger partial charge on any atom is -0.383 e. The molecule has 0 saturated carbocycles. The molecule has 1 saturated heterocycles. The molecular formula is C14H20N4O.